The van der Waals surface area contributed by atoms with E-state index in [1.165, 1.54) is 12.0 Å². The van der Waals surface area contributed by atoms with Crippen LogP contribution in [0.4, 0.5) is 0 Å². The number of Topliss-reactive ketones (excluding diaryl/α,β-unsaturated/α-hetero) is 3. The minimum absolute atomic E-state index is 0.0633. The Balaban J connectivity index is 1.22. The number of amides is 1. The summed E-state index contributed by atoms with van der Waals surface area (Å²) in [6, 6.07) is -1.16. The predicted octanol–water partition coefficient (Wildman–Crippen LogP) is 4.11. The number of fused-ring (bicyclic) bond motifs is 4. The Morgan fingerprint density at radius 2 is 1.57 bits per heavy atom. The first-order valence-electron chi connectivity index (χ1n) is 26.3. The number of carbonyl (C=O) groups is 5. The molecule has 0 aromatic carbocycles. The summed E-state index contributed by atoms with van der Waals surface area (Å²) in [5.74, 6) is -6.68. The molecule has 1 amide bonds. The topological polar surface area (TPSA) is 243 Å². The second kappa shape index (κ2) is 27.8. The fourth-order valence-electron chi connectivity index (χ4n) is 10.9. The number of cyclic esters (lactones) is 1. The van der Waals surface area contributed by atoms with Crippen molar-refractivity contribution < 1.29 is 82.3 Å². The van der Waals surface area contributed by atoms with Crippen LogP contribution >= 0.6 is 0 Å². The molecule has 18 heteroatoms. The first-order valence-corrected chi connectivity index (χ1v) is 26.3. The molecule has 15 atom stereocenters. The molecule has 2 bridgehead atoms. The van der Waals surface area contributed by atoms with Crippen LogP contribution in [0.15, 0.2) is 47.6 Å². The number of aliphatic hydroxyl groups is 4. The third-order valence-corrected chi connectivity index (χ3v) is 15.5. The molecule has 4 saturated heterocycles. The fraction of sp³-hybridized carbons (Fsp3) is 0.759. The van der Waals surface area contributed by atoms with Gasteiger partial charge in [-0.15, -0.1) is 0 Å². The molecule has 0 aromatic rings. The van der Waals surface area contributed by atoms with E-state index in [-0.39, 0.29) is 101 Å². The summed E-state index contributed by atoms with van der Waals surface area (Å²) < 4.78 is 47.2. The first kappa shape index (κ1) is 57.7. The molecule has 1 aliphatic carbocycles. The van der Waals surface area contributed by atoms with Crippen molar-refractivity contribution in [2.45, 2.75) is 202 Å². The highest BCUT2D eigenvalue weighted by Gasteiger charge is 2.53. The maximum Gasteiger partial charge on any atom is 0.329 e. The van der Waals surface area contributed by atoms with Crippen molar-refractivity contribution in [2.24, 2.45) is 11.8 Å². The smallest absolute Gasteiger partial charge is 0.329 e. The van der Waals surface area contributed by atoms with Crippen LogP contribution in [0.5, 0.6) is 0 Å². The van der Waals surface area contributed by atoms with E-state index in [0.29, 0.717) is 69.8 Å². The zero-order valence-corrected chi connectivity index (χ0v) is 42.9. The molecule has 5 fully saturated rings. The highest BCUT2D eigenvalue weighted by Crippen LogP contribution is 2.37. The number of ether oxygens (including phenoxy) is 8. The molecule has 1 unspecified atom stereocenters. The summed E-state index contributed by atoms with van der Waals surface area (Å²) >= 11 is 0. The minimum Gasteiger partial charge on any atom is -0.460 e. The van der Waals surface area contributed by atoms with Gasteiger partial charge in [-0.3, -0.25) is 19.2 Å². The van der Waals surface area contributed by atoms with Gasteiger partial charge in [0.25, 0.3) is 11.7 Å². The monoisotopic (exact) mass is 1020 g/mol. The Hall–Kier alpha value is -3.53. The minimum atomic E-state index is -2.50. The molecule has 404 valence electrons. The standard InChI is InChI=1S/C54H81NO17/c1-33-14-10-8-6-7-9-11-16-42(58)48(66-5)47(60)34(2)17-21-37(56)29-38(23-19-36-20-24-41(57)45(28-36)65-4)71-53(63)40-15-12-13-25-55(40)52(62)51(61)54(64)35(3)18-22-39(72-54)30-44(33)67-26-27-68-46-32-70-49-43(59)31-69-50(46)49/h6-8,10,14,17,35-36,38-41,43-50,57,59-60,64H,9,11-13,15-16,18-32H2,1-5H3/b7-6+,10-8+,33-14+,34-17+/t35-,36-,38-,39+,40+,41-,43-,44?,45-,46-,47-,48+,49-,50-,54-/m1/s1. The van der Waals surface area contributed by atoms with Crippen LogP contribution in [-0.2, 0) is 61.9 Å². The van der Waals surface area contributed by atoms with Crippen LogP contribution in [0.1, 0.15) is 124 Å². The zero-order valence-electron chi connectivity index (χ0n) is 42.9. The number of carbonyl (C=O) groups excluding carboxylic acids is 5. The average Bonchev–Trinajstić information content (AvgIpc) is 3.96. The normalized spacial score (nSPS) is 40.1. The number of ketones is 3. The molecular formula is C54H81NO17. The van der Waals surface area contributed by atoms with Gasteiger partial charge in [0.2, 0.25) is 5.79 Å². The molecule has 0 aromatic heterocycles. The summed E-state index contributed by atoms with van der Waals surface area (Å²) in [6.45, 7) is 6.05. The van der Waals surface area contributed by atoms with Crippen molar-refractivity contribution in [1.82, 2.24) is 4.90 Å². The Morgan fingerprint density at radius 1 is 0.792 bits per heavy atom. The number of nitrogens with zero attached hydrogens (tertiary/aromatic N) is 1. The highest BCUT2D eigenvalue weighted by atomic mass is 16.6. The third-order valence-electron chi connectivity index (χ3n) is 15.5. The van der Waals surface area contributed by atoms with Gasteiger partial charge in [-0.2, -0.15) is 0 Å². The summed E-state index contributed by atoms with van der Waals surface area (Å²) in [5.41, 5.74) is 1.19. The van der Waals surface area contributed by atoms with Crippen LogP contribution in [0.25, 0.3) is 0 Å². The summed E-state index contributed by atoms with van der Waals surface area (Å²) in [7, 11) is 2.91. The Kier molecular flexibility index (Phi) is 22.3. The summed E-state index contributed by atoms with van der Waals surface area (Å²) in [6.07, 6.45) is 9.54. The Labute approximate surface area is 424 Å². The zero-order chi connectivity index (χ0) is 52.0. The number of hydrogen-bond acceptors (Lipinski definition) is 17. The number of esters is 1. The van der Waals surface area contributed by atoms with Gasteiger partial charge in [0.1, 0.15) is 54.6 Å². The predicted molar refractivity (Wildman–Crippen MR) is 261 cm³/mol. The lowest BCUT2D eigenvalue weighted by atomic mass is 9.82. The van der Waals surface area contributed by atoms with Gasteiger partial charge in [0, 0.05) is 52.4 Å². The summed E-state index contributed by atoms with van der Waals surface area (Å²) in [4.78, 5) is 71.1. The van der Waals surface area contributed by atoms with Crippen LogP contribution in [0.2, 0.25) is 0 Å². The molecule has 4 N–H and O–H groups in total. The third kappa shape index (κ3) is 15.3. The van der Waals surface area contributed by atoms with Crippen molar-refractivity contribution in [3.63, 3.8) is 0 Å². The van der Waals surface area contributed by atoms with Crippen LogP contribution in [-0.4, -0.2) is 181 Å². The number of hydrogen-bond donors (Lipinski definition) is 4. The molecule has 0 radical (unpaired) electrons. The van der Waals surface area contributed by atoms with E-state index in [1.54, 1.807) is 27.0 Å². The van der Waals surface area contributed by atoms with E-state index in [0.717, 1.165) is 12.0 Å². The lowest BCUT2D eigenvalue weighted by Gasteiger charge is -2.42. The molecule has 6 rings (SSSR count). The molecule has 5 heterocycles. The largest absolute Gasteiger partial charge is 0.460 e. The van der Waals surface area contributed by atoms with Crippen molar-refractivity contribution >= 4 is 29.2 Å². The van der Waals surface area contributed by atoms with E-state index in [2.05, 4.69) is 0 Å². The van der Waals surface area contributed by atoms with Crippen LogP contribution in [0, 0.1) is 11.8 Å². The maximum absolute atomic E-state index is 14.4. The molecule has 0 spiro atoms. The highest BCUT2D eigenvalue weighted by molar-refractivity contribution is 6.39. The molecule has 1 saturated carbocycles. The van der Waals surface area contributed by atoms with Crippen LogP contribution < -0.4 is 0 Å². The van der Waals surface area contributed by atoms with Gasteiger partial charge in [-0.05, 0) is 108 Å². The number of aliphatic hydroxyl groups excluding tert-OH is 3. The molecule has 5 aliphatic heterocycles. The van der Waals surface area contributed by atoms with Crippen LogP contribution in [0.3, 0.4) is 0 Å². The fourth-order valence-corrected chi connectivity index (χ4v) is 10.9. The van der Waals surface area contributed by atoms with Gasteiger partial charge in [0.15, 0.2) is 5.78 Å². The van der Waals surface area contributed by atoms with Gasteiger partial charge < -0.3 is 63.2 Å². The lowest BCUT2D eigenvalue weighted by Crippen LogP contribution is -2.60. The SMILES string of the molecule is CO[C@@H]1C[C@H](CC[C@@H]2CC(=O)C/C=C(\C)[C@@H](O)[C@@H](OC)C(=O)CCC/C=C/C=C/C=C(\C)C(OCCO[C@@H]3CO[C@H]4[C@@H]3OC[C@H]4O)C[C@@H]3CC[C@@H](C)[C@@](O)(O3)C(=O)C(=O)N3CCCC[C@H]3C(=O)O2)CC[C@H]1O. The summed E-state index contributed by atoms with van der Waals surface area (Å²) in [5, 5.41) is 43.9. The number of methoxy groups -OCH3 is 2. The van der Waals surface area contributed by atoms with E-state index < -0.39 is 84.2 Å². The quantitative estimate of drug-likeness (QED) is 0.104. The maximum atomic E-state index is 14.4. The number of allylic oxidation sites excluding steroid dienone is 6. The molecule has 18 nitrogen and oxygen atoms in total. The molecule has 6 aliphatic rings. The molecular weight excluding hydrogens is 935 g/mol. The number of rotatable bonds is 10. The van der Waals surface area contributed by atoms with E-state index >= 15 is 0 Å². The van der Waals surface area contributed by atoms with E-state index in [4.69, 9.17) is 37.9 Å². The van der Waals surface area contributed by atoms with Gasteiger partial charge >= 0.3 is 5.97 Å². The van der Waals surface area contributed by atoms with Crippen molar-refractivity contribution in [2.75, 3.05) is 47.2 Å². The second-order valence-corrected chi connectivity index (χ2v) is 20.7. The van der Waals surface area contributed by atoms with Gasteiger partial charge in [-0.1, -0.05) is 43.4 Å². The van der Waals surface area contributed by atoms with Gasteiger partial charge in [-0.25, -0.2) is 4.79 Å². The number of piperidine rings is 1. The molecule has 72 heavy (non-hydrogen) atoms. The average molecular weight is 1020 g/mol. The van der Waals surface area contributed by atoms with Gasteiger partial charge in [0.05, 0.1) is 50.8 Å². The van der Waals surface area contributed by atoms with E-state index in [1.807, 2.05) is 37.3 Å². The first-order chi connectivity index (χ1) is 34.5. The van der Waals surface area contributed by atoms with Crippen molar-refractivity contribution in [3.8, 4) is 0 Å². The Bertz CT molecular complexity index is 1950. The second-order valence-electron chi connectivity index (χ2n) is 20.7. The lowest BCUT2D eigenvalue weighted by molar-refractivity contribution is -0.266. The van der Waals surface area contributed by atoms with E-state index in [9.17, 15) is 44.4 Å². The van der Waals surface area contributed by atoms with Crippen molar-refractivity contribution in [1.29, 1.82) is 0 Å². The Morgan fingerprint density at radius 3 is 2.35 bits per heavy atom. The van der Waals surface area contributed by atoms with Crippen molar-refractivity contribution in [3.05, 3.63) is 47.6 Å².